The fourth-order valence-corrected chi connectivity index (χ4v) is 2.36. The van der Waals surface area contributed by atoms with E-state index in [1.54, 1.807) is 29.7 Å². The van der Waals surface area contributed by atoms with E-state index in [4.69, 9.17) is 5.73 Å². The Morgan fingerprint density at radius 1 is 1.15 bits per heavy atom. The number of nitrogens with zero attached hydrogens (tertiary/aromatic N) is 2. The minimum atomic E-state index is -0.400. The summed E-state index contributed by atoms with van der Waals surface area (Å²) in [6.07, 6.45) is 0. The van der Waals surface area contributed by atoms with E-state index in [-0.39, 0.29) is 11.8 Å². The molecule has 0 fully saturated rings. The summed E-state index contributed by atoms with van der Waals surface area (Å²) in [7, 11) is 0. The van der Waals surface area contributed by atoms with Gasteiger partial charge in [-0.1, -0.05) is 0 Å². The highest BCUT2D eigenvalue weighted by Gasteiger charge is 2.13. The van der Waals surface area contributed by atoms with Gasteiger partial charge in [0.05, 0.1) is 21.2 Å². The third-order valence-electron chi connectivity index (χ3n) is 3.12. The predicted molar refractivity (Wildman–Crippen MR) is 77.8 cm³/mol. The molecule has 102 valence electrons. The van der Waals surface area contributed by atoms with Crippen molar-refractivity contribution in [2.75, 3.05) is 5.73 Å². The molecule has 3 nitrogen and oxygen atoms in total. The summed E-state index contributed by atoms with van der Waals surface area (Å²) in [5.41, 5.74) is 7.97. The Hall–Kier alpha value is -1.95. The number of hydrogen-bond donors (Lipinski definition) is 1. The molecule has 3 aromatic rings. The highest BCUT2D eigenvalue weighted by molar-refractivity contribution is 9.10. The Kier molecular flexibility index (Phi) is 2.97. The van der Waals surface area contributed by atoms with Gasteiger partial charge in [0.15, 0.2) is 0 Å². The summed E-state index contributed by atoms with van der Waals surface area (Å²) < 4.78 is 29.2. The molecule has 20 heavy (non-hydrogen) atoms. The maximum absolute atomic E-state index is 13.7. The molecule has 2 N–H and O–H groups in total. The maximum atomic E-state index is 13.7. The van der Waals surface area contributed by atoms with Gasteiger partial charge >= 0.3 is 0 Å². The molecule has 3 rings (SSSR count). The molecule has 0 unspecified atom stereocenters. The lowest BCUT2D eigenvalue weighted by atomic mass is 10.2. The third kappa shape index (κ3) is 1.96. The lowest BCUT2D eigenvalue weighted by molar-refractivity contribution is 0.619. The molecular formula is C14H10BrF2N3. The second kappa shape index (κ2) is 4.56. The van der Waals surface area contributed by atoms with E-state index in [1.165, 1.54) is 12.1 Å². The first-order valence-electron chi connectivity index (χ1n) is 5.87. The predicted octanol–water partition coefficient (Wildman–Crippen LogP) is 3.96. The zero-order valence-electron chi connectivity index (χ0n) is 10.5. The number of hydrogen-bond acceptors (Lipinski definition) is 2. The monoisotopic (exact) mass is 337 g/mol. The number of anilines is 1. The van der Waals surface area contributed by atoms with Crippen molar-refractivity contribution in [1.82, 2.24) is 9.55 Å². The minimum absolute atomic E-state index is 0.187. The summed E-state index contributed by atoms with van der Waals surface area (Å²) in [6, 6.07) is 7.62. The van der Waals surface area contributed by atoms with Crippen LogP contribution in [0.4, 0.5) is 14.7 Å². The van der Waals surface area contributed by atoms with Crippen LogP contribution in [0.3, 0.4) is 0 Å². The molecule has 0 saturated heterocycles. The molecule has 0 radical (unpaired) electrons. The quantitative estimate of drug-likeness (QED) is 0.730. The zero-order valence-corrected chi connectivity index (χ0v) is 12.1. The lowest BCUT2D eigenvalue weighted by Gasteiger charge is -2.08. The van der Waals surface area contributed by atoms with Crippen molar-refractivity contribution in [3.8, 4) is 5.69 Å². The molecule has 0 aliphatic heterocycles. The summed E-state index contributed by atoms with van der Waals surface area (Å²) >= 11 is 3.10. The second-order valence-electron chi connectivity index (χ2n) is 4.49. The van der Waals surface area contributed by atoms with Crippen molar-refractivity contribution in [2.24, 2.45) is 0 Å². The van der Waals surface area contributed by atoms with Crippen LogP contribution in [-0.4, -0.2) is 9.55 Å². The van der Waals surface area contributed by atoms with Gasteiger partial charge in [0, 0.05) is 6.07 Å². The van der Waals surface area contributed by atoms with Crippen molar-refractivity contribution in [3.05, 3.63) is 52.0 Å². The van der Waals surface area contributed by atoms with Gasteiger partial charge in [-0.15, -0.1) is 0 Å². The lowest BCUT2D eigenvalue weighted by Crippen LogP contribution is -2.01. The van der Waals surface area contributed by atoms with Crippen molar-refractivity contribution in [1.29, 1.82) is 0 Å². The molecular weight excluding hydrogens is 328 g/mol. The summed E-state index contributed by atoms with van der Waals surface area (Å²) in [5, 5.41) is 0. The Morgan fingerprint density at radius 3 is 2.60 bits per heavy atom. The Balaban J connectivity index is 2.32. The average Bonchev–Trinajstić information content (AvgIpc) is 2.69. The molecule has 1 heterocycles. The van der Waals surface area contributed by atoms with Gasteiger partial charge in [0.1, 0.15) is 11.6 Å². The number of aryl methyl sites for hydroxylation is 1. The van der Waals surface area contributed by atoms with Gasteiger partial charge in [-0.25, -0.2) is 13.8 Å². The van der Waals surface area contributed by atoms with Crippen molar-refractivity contribution >= 4 is 32.9 Å². The molecule has 0 aliphatic rings. The summed E-state index contributed by atoms with van der Waals surface area (Å²) in [6.45, 7) is 1.66. The molecule has 0 spiro atoms. The Bertz CT molecular complexity index is 827. The number of benzene rings is 2. The van der Waals surface area contributed by atoms with Gasteiger partial charge in [0.25, 0.3) is 0 Å². The smallest absolute Gasteiger partial charge is 0.205 e. The van der Waals surface area contributed by atoms with Crippen LogP contribution < -0.4 is 5.73 Å². The van der Waals surface area contributed by atoms with E-state index in [9.17, 15) is 8.78 Å². The van der Waals surface area contributed by atoms with Crippen molar-refractivity contribution in [2.45, 2.75) is 6.92 Å². The molecule has 0 amide bonds. The van der Waals surface area contributed by atoms with E-state index in [2.05, 4.69) is 20.9 Å². The Labute approximate surface area is 122 Å². The number of halogens is 3. The van der Waals surface area contributed by atoms with Gasteiger partial charge in [0.2, 0.25) is 5.95 Å². The minimum Gasteiger partial charge on any atom is -0.369 e. The van der Waals surface area contributed by atoms with Gasteiger partial charge < -0.3 is 5.73 Å². The number of rotatable bonds is 1. The van der Waals surface area contributed by atoms with Crippen LogP contribution in [0.25, 0.3) is 16.7 Å². The topological polar surface area (TPSA) is 43.8 Å². The molecule has 0 bridgehead atoms. The first-order valence-corrected chi connectivity index (χ1v) is 6.66. The first-order chi connectivity index (χ1) is 9.47. The number of aromatic nitrogens is 2. The van der Waals surface area contributed by atoms with Crippen LogP contribution in [0.5, 0.6) is 0 Å². The molecule has 6 heteroatoms. The number of nitrogen functional groups attached to an aromatic ring is 1. The average molecular weight is 338 g/mol. The summed E-state index contributed by atoms with van der Waals surface area (Å²) in [5.74, 6) is -0.557. The highest BCUT2D eigenvalue weighted by atomic mass is 79.9. The molecule has 0 aliphatic carbocycles. The van der Waals surface area contributed by atoms with Crippen LogP contribution in [0, 0.1) is 18.6 Å². The molecule has 0 saturated carbocycles. The fourth-order valence-electron chi connectivity index (χ4n) is 2.12. The van der Waals surface area contributed by atoms with E-state index < -0.39 is 5.82 Å². The first kappa shape index (κ1) is 13.1. The van der Waals surface area contributed by atoms with Crippen LogP contribution in [0.1, 0.15) is 5.56 Å². The van der Waals surface area contributed by atoms with Crippen molar-refractivity contribution < 1.29 is 8.78 Å². The van der Waals surface area contributed by atoms with E-state index >= 15 is 0 Å². The maximum Gasteiger partial charge on any atom is 0.205 e. The van der Waals surface area contributed by atoms with Gasteiger partial charge in [-0.05, 0) is 52.7 Å². The molecule has 2 aromatic carbocycles. The highest BCUT2D eigenvalue weighted by Crippen LogP contribution is 2.27. The largest absolute Gasteiger partial charge is 0.369 e. The summed E-state index contributed by atoms with van der Waals surface area (Å²) in [4.78, 5) is 4.11. The van der Waals surface area contributed by atoms with Crippen LogP contribution >= 0.6 is 15.9 Å². The van der Waals surface area contributed by atoms with Crippen LogP contribution in [-0.2, 0) is 0 Å². The molecule has 0 atom stereocenters. The second-order valence-corrected chi connectivity index (χ2v) is 5.35. The Morgan fingerprint density at radius 2 is 1.90 bits per heavy atom. The van der Waals surface area contributed by atoms with E-state index in [0.717, 1.165) is 0 Å². The SMILES string of the molecule is Cc1cc2c(cc1F)nc(N)n2-c1ccc(Br)c(F)c1. The zero-order chi connectivity index (χ0) is 14.4. The number of fused-ring (bicyclic) bond motifs is 1. The number of nitrogens with two attached hydrogens (primary N) is 1. The van der Waals surface area contributed by atoms with E-state index in [0.29, 0.717) is 26.8 Å². The van der Waals surface area contributed by atoms with Crippen LogP contribution in [0.2, 0.25) is 0 Å². The van der Waals surface area contributed by atoms with Crippen molar-refractivity contribution in [3.63, 3.8) is 0 Å². The van der Waals surface area contributed by atoms with E-state index in [1.807, 2.05) is 0 Å². The number of imidazole rings is 1. The van der Waals surface area contributed by atoms with Gasteiger partial charge in [-0.3, -0.25) is 4.57 Å². The standard InChI is InChI=1S/C14H10BrF2N3/c1-7-4-13-12(6-10(7)16)19-14(18)20(13)8-2-3-9(15)11(17)5-8/h2-6H,1H3,(H2,18,19). The van der Waals surface area contributed by atoms with Gasteiger partial charge in [-0.2, -0.15) is 0 Å². The molecule has 1 aromatic heterocycles. The third-order valence-corrected chi connectivity index (χ3v) is 3.77. The fraction of sp³-hybridized carbons (Fsp3) is 0.0714. The normalized spacial score (nSPS) is 11.2. The van der Waals surface area contributed by atoms with Crippen LogP contribution in [0.15, 0.2) is 34.8 Å².